The van der Waals surface area contributed by atoms with Crippen molar-refractivity contribution in [1.29, 1.82) is 0 Å². The number of likely N-dealkylation sites (N-methyl/N-ethyl adjacent to an activating group) is 1. The Hall–Kier alpha value is -1.47. The van der Waals surface area contributed by atoms with E-state index in [1.54, 1.807) is 0 Å². The van der Waals surface area contributed by atoms with Gasteiger partial charge in [-0.25, -0.2) is 0 Å². The van der Waals surface area contributed by atoms with E-state index in [0.717, 1.165) is 37.2 Å². The second-order valence-corrected chi connectivity index (χ2v) is 10.5. The van der Waals surface area contributed by atoms with Crippen LogP contribution in [-0.2, 0) is 9.53 Å². The summed E-state index contributed by atoms with van der Waals surface area (Å²) in [6.45, 7) is 14.7. The van der Waals surface area contributed by atoms with Crippen LogP contribution >= 0.6 is 11.7 Å². The van der Waals surface area contributed by atoms with Crippen LogP contribution in [0.15, 0.2) is 6.08 Å². The smallest absolute Gasteiger partial charge is 0.312 e. The first-order valence-corrected chi connectivity index (χ1v) is 12.0. The predicted molar refractivity (Wildman–Crippen MR) is 122 cm³/mol. The van der Waals surface area contributed by atoms with Gasteiger partial charge in [0, 0.05) is 12.0 Å². The third-order valence-corrected chi connectivity index (χ3v) is 6.08. The van der Waals surface area contributed by atoms with Crippen LogP contribution in [0.2, 0.25) is 0 Å². The van der Waals surface area contributed by atoms with Crippen LogP contribution < -0.4 is 4.74 Å². The molecule has 0 spiro atoms. The molecule has 30 heavy (non-hydrogen) atoms. The first-order chi connectivity index (χ1) is 14.1. The van der Waals surface area contributed by atoms with E-state index in [1.165, 1.54) is 31.0 Å². The summed E-state index contributed by atoms with van der Waals surface area (Å²) in [6.07, 6.45) is 7.57. The number of nitrogens with zero attached hydrogens (tertiary/aromatic N) is 3. The Morgan fingerprint density at radius 1 is 1.23 bits per heavy atom. The molecule has 0 N–H and O–H groups in total. The van der Waals surface area contributed by atoms with Gasteiger partial charge in [-0.2, -0.15) is 4.37 Å². The molecule has 0 fully saturated rings. The van der Waals surface area contributed by atoms with Crippen molar-refractivity contribution in [3.63, 3.8) is 0 Å². The van der Waals surface area contributed by atoms with Crippen LogP contribution in [0, 0.1) is 11.3 Å². The fraction of sp³-hybridized carbons (Fsp3) is 0.783. The average Bonchev–Trinajstić information content (AvgIpc) is 3.13. The summed E-state index contributed by atoms with van der Waals surface area (Å²) < 4.78 is 21.6. The topological polar surface area (TPSA) is 61.3 Å². The number of carbonyl (C=O) groups excluding carboxylic acids is 1. The molecule has 0 aromatic carbocycles. The van der Waals surface area contributed by atoms with Gasteiger partial charge in [0.15, 0.2) is 0 Å². The highest BCUT2D eigenvalue weighted by molar-refractivity contribution is 6.99. The highest BCUT2D eigenvalue weighted by Gasteiger charge is 2.46. The Morgan fingerprint density at radius 3 is 2.60 bits per heavy atom. The van der Waals surface area contributed by atoms with Gasteiger partial charge in [0.1, 0.15) is 12.2 Å². The van der Waals surface area contributed by atoms with Crippen LogP contribution in [0.5, 0.6) is 5.88 Å². The number of rotatable bonds is 10. The summed E-state index contributed by atoms with van der Waals surface area (Å²) in [5.41, 5.74) is 1.80. The highest BCUT2D eigenvalue weighted by Crippen LogP contribution is 2.37. The van der Waals surface area contributed by atoms with Gasteiger partial charge in [-0.15, -0.1) is 4.37 Å². The first kappa shape index (κ1) is 24.8. The molecule has 0 bridgehead atoms. The van der Waals surface area contributed by atoms with Gasteiger partial charge in [-0.05, 0) is 6.42 Å². The number of hydrogen-bond acceptors (Lipinski definition) is 6. The van der Waals surface area contributed by atoms with Gasteiger partial charge in [0.25, 0.3) is 5.88 Å². The normalized spacial score (nSPS) is 20.7. The number of carbonyl (C=O) groups is 1. The second-order valence-electron chi connectivity index (χ2n) is 10.0. The summed E-state index contributed by atoms with van der Waals surface area (Å²) in [5, 5.41) is 0. The molecule has 0 radical (unpaired) electrons. The monoisotopic (exact) mass is 438 g/mol. The molecule has 1 aliphatic heterocycles. The third kappa shape index (κ3) is 6.51. The number of unbranched alkanes of at least 4 members (excludes halogenated alkanes) is 3. The lowest BCUT2D eigenvalue weighted by molar-refractivity contribution is -0.954. The highest BCUT2D eigenvalue weighted by atomic mass is 32.1. The van der Waals surface area contributed by atoms with Crippen LogP contribution in [-0.4, -0.2) is 52.2 Å². The molecule has 2 rings (SSSR count). The lowest BCUT2D eigenvalue weighted by Gasteiger charge is -2.47. The Balaban J connectivity index is 2.16. The minimum atomic E-state index is -0.235. The fourth-order valence-electron chi connectivity index (χ4n) is 4.09. The Bertz CT molecular complexity index is 724. The van der Waals surface area contributed by atoms with Crippen molar-refractivity contribution >= 4 is 23.3 Å². The lowest BCUT2D eigenvalue weighted by Crippen LogP contribution is -2.61. The Kier molecular flexibility index (Phi) is 8.85. The van der Waals surface area contributed by atoms with E-state index in [-0.39, 0.29) is 23.5 Å². The van der Waals surface area contributed by atoms with Gasteiger partial charge in [-0.3, -0.25) is 9.28 Å². The Morgan fingerprint density at radius 2 is 1.97 bits per heavy atom. The van der Waals surface area contributed by atoms with E-state index in [0.29, 0.717) is 17.0 Å². The maximum absolute atomic E-state index is 12.5. The van der Waals surface area contributed by atoms with Crippen molar-refractivity contribution < 1.29 is 18.8 Å². The van der Waals surface area contributed by atoms with Gasteiger partial charge in [0.05, 0.1) is 43.3 Å². The molecule has 0 saturated heterocycles. The minimum absolute atomic E-state index is 0.142. The second kappa shape index (κ2) is 10.7. The molecule has 1 aromatic rings. The predicted octanol–water partition coefficient (Wildman–Crippen LogP) is 5.30. The molecule has 1 aromatic heterocycles. The molecule has 6 nitrogen and oxygen atoms in total. The molecule has 7 heteroatoms. The van der Waals surface area contributed by atoms with Crippen LogP contribution in [0.25, 0.3) is 5.57 Å². The average molecular weight is 439 g/mol. The Labute approximate surface area is 186 Å². The van der Waals surface area contributed by atoms with Crippen molar-refractivity contribution in [3.8, 4) is 5.88 Å². The number of hydrogen-bond donors (Lipinski definition) is 0. The van der Waals surface area contributed by atoms with Crippen molar-refractivity contribution in [2.24, 2.45) is 11.3 Å². The minimum Gasteiger partial charge on any atom is -0.475 e. The molecular formula is C23H40N3O3S+. The third-order valence-electron chi connectivity index (χ3n) is 5.57. The van der Waals surface area contributed by atoms with E-state index < -0.39 is 0 Å². The van der Waals surface area contributed by atoms with Crippen molar-refractivity contribution in [1.82, 2.24) is 8.75 Å². The summed E-state index contributed by atoms with van der Waals surface area (Å²) >= 11 is 1.20. The first-order valence-electron chi connectivity index (χ1n) is 11.3. The molecule has 2 unspecified atom stereocenters. The summed E-state index contributed by atoms with van der Waals surface area (Å²) in [5.74, 6) is 0.358. The van der Waals surface area contributed by atoms with Gasteiger partial charge >= 0.3 is 5.97 Å². The van der Waals surface area contributed by atoms with Gasteiger partial charge < -0.3 is 9.47 Å². The number of quaternary nitrogens is 1. The van der Waals surface area contributed by atoms with Crippen molar-refractivity contribution in [3.05, 3.63) is 11.8 Å². The van der Waals surface area contributed by atoms with Crippen LogP contribution in [0.3, 0.4) is 0 Å². The summed E-state index contributed by atoms with van der Waals surface area (Å²) in [4.78, 5) is 12.5. The van der Waals surface area contributed by atoms with Gasteiger partial charge in [-0.1, -0.05) is 66.9 Å². The summed E-state index contributed by atoms with van der Waals surface area (Å²) in [7, 11) is 2.18. The molecular weight excluding hydrogens is 398 g/mol. The largest absolute Gasteiger partial charge is 0.475 e. The van der Waals surface area contributed by atoms with Crippen LogP contribution in [0.1, 0.15) is 79.3 Å². The molecule has 2 heterocycles. The number of aromatic nitrogens is 2. The SMILES string of the molecule is CCCCCCOc1nsnc1C1=CCC[N+](C)(C(OC(=O)C(C)C)C(C)(C)C)C1. The molecule has 0 amide bonds. The standard InChI is InChI=1S/C23H40N3O3S/c1-8-9-10-11-15-28-20-19(24-30-25-20)18-13-12-14-26(7,16-18)22(23(4,5)6)29-21(27)17(2)3/h13,17,22H,8-12,14-16H2,1-7H3/q+1. The zero-order valence-electron chi connectivity index (χ0n) is 19.9. The molecule has 170 valence electrons. The van der Waals surface area contributed by atoms with E-state index >= 15 is 0 Å². The van der Waals surface area contributed by atoms with E-state index in [1.807, 2.05) is 13.8 Å². The number of ether oxygens (including phenoxy) is 2. The summed E-state index contributed by atoms with van der Waals surface area (Å²) in [6, 6.07) is 0. The maximum atomic E-state index is 12.5. The maximum Gasteiger partial charge on any atom is 0.312 e. The van der Waals surface area contributed by atoms with E-state index in [4.69, 9.17) is 9.47 Å². The molecule has 0 aliphatic carbocycles. The molecule has 2 atom stereocenters. The quantitative estimate of drug-likeness (QED) is 0.282. The van der Waals surface area contributed by atoms with Crippen LogP contribution in [0.4, 0.5) is 0 Å². The van der Waals surface area contributed by atoms with E-state index in [9.17, 15) is 4.79 Å². The molecule has 0 saturated carbocycles. The zero-order valence-corrected chi connectivity index (χ0v) is 20.7. The van der Waals surface area contributed by atoms with E-state index in [2.05, 4.69) is 49.6 Å². The lowest BCUT2D eigenvalue weighted by atomic mass is 9.89. The fourth-order valence-corrected chi connectivity index (χ4v) is 4.62. The van der Waals surface area contributed by atoms with Gasteiger partial charge in [0.2, 0.25) is 6.23 Å². The van der Waals surface area contributed by atoms with Crippen molar-refractivity contribution in [2.75, 3.05) is 26.7 Å². The number of esters is 1. The zero-order chi connectivity index (χ0) is 22.4. The van der Waals surface area contributed by atoms with Crippen molar-refractivity contribution in [2.45, 2.75) is 79.9 Å². The molecule has 1 aliphatic rings.